The molecule has 2 atom stereocenters. The number of anilines is 1. The van der Waals surface area contributed by atoms with Crippen LogP contribution < -0.4 is 5.32 Å². The van der Waals surface area contributed by atoms with Gasteiger partial charge in [-0.2, -0.15) is 0 Å². The van der Waals surface area contributed by atoms with Crippen LogP contribution in [0.25, 0.3) is 0 Å². The molecule has 1 N–H and O–H groups in total. The molecule has 0 saturated heterocycles. The summed E-state index contributed by atoms with van der Waals surface area (Å²) in [5.41, 5.74) is 3.60. The lowest BCUT2D eigenvalue weighted by molar-refractivity contribution is -0.125. The Balaban J connectivity index is 1.52. The summed E-state index contributed by atoms with van der Waals surface area (Å²) in [6, 6.07) is 15.1. The Bertz CT molecular complexity index is 1060. The molecule has 7 heteroatoms. The molecule has 2 aliphatic heterocycles. The zero-order valence-corrected chi connectivity index (χ0v) is 18.8. The zero-order valence-electron chi connectivity index (χ0n) is 18.0. The zero-order chi connectivity index (χ0) is 22.0. The summed E-state index contributed by atoms with van der Waals surface area (Å²) in [7, 11) is 0. The number of para-hydroxylation sites is 1. The van der Waals surface area contributed by atoms with Crippen LogP contribution >= 0.6 is 11.8 Å². The molecule has 6 nitrogen and oxygen atoms in total. The average Bonchev–Trinajstić information content (AvgIpc) is 3.15. The minimum absolute atomic E-state index is 0.0688. The van der Waals surface area contributed by atoms with E-state index in [1.54, 1.807) is 4.90 Å². The number of benzene rings is 2. The van der Waals surface area contributed by atoms with E-state index in [0.29, 0.717) is 11.0 Å². The molecule has 2 aromatic rings. The second kappa shape index (κ2) is 9.06. The summed E-state index contributed by atoms with van der Waals surface area (Å²) in [6.07, 6.45) is 1.82. The first-order chi connectivity index (χ1) is 15.0. The number of hydrogen-bond acceptors (Lipinski definition) is 5. The van der Waals surface area contributed by atoms with Crippen molar-refractivity contribution in [2.75, 3.05) is 11.1 Å². The maximum atomic E-state index is 13.2. The van der Waals surface area contributed by atoms with Crippen molar-refractivity contribution in [1.82, 2.24) is 4.90 Å². The number of thioether (sulfide) groups is 1. The highest BCUT2D eigenvalue weighted by Gasteiger charge is 2.43. The molecule has 2 heterocycles. The third-order valence-electron chi connectivity index (χ3n) is 5.66. The van der Waals surface area contributed by atoms with Crippen LogP contribution in [0.2, 0.25) is 0 Å². The van der Waals surface area contributed by atoms with Crippen molar-refractivity contribution in [2.45, 2.75) is 39.7 Å². The minimum atomic E-state index is -0.414. The van der Waals surface area contributed by atoms with Crippen molar-refractivity contribution in [1.29, 1.82) is 0 Å². The molecule has 0 saturated carbocycles. The van der Waals surface area contributed by atoms with E-state index in [4.69, 9.17) is 4.99 Å². The second-order valence-electron chi connectivity index (χ2n) is 7.76. The first kappa shape index (κ1) is 21.3. The van der Waals surface area contributed by atoms with E-state index in [1.165, 1.54) is 17.3 Å². The van der Waals surface area contributed by atoms with Crippen LogP contribution in [0.4, 0.5) is 11.4 Å². The Morgan fingerprint density at radius 3 is 2.61 bits per heavy atom. The third-order valence-corrected chi connectivity index (χ3v) is 6.60. The summed E-state index contributed by atoms with van der Waals surface area (Å²) in [5, 5.41) is 3.41. The number of carbonyl (C=O) groups excluding carboxylic acids is 2. The monoisotopic (exact) mass is 434 g/mol. The van der Waals surface area contributed by atoms with Gasteiger partial charge in [-0.1, -0.05) is 63.2 Å². The van der Waals surface area contributed by atoms with Crippen LogP contribution in [0.15, 0.2) is 58.5 Å². The quantitative estimate of drug-likeness (QED) is 0.721. The van der Waals surface area contributed by atoms with E-state index in [2.05, 4.69) is 24.2 Å². The number of aliphatic imine (C=N–C) groups is 2. The molecule has 2 amide bonds. The van der Waals surface area contributed by atoms with Crippen LogP contribution in [0, 0.1) is 5.92 Å². The Morgan fingerprint density at radius 2 is 1.90 bits per heavy atom. The number of amidine groups is 2. The van der Waals surface area contributed by atoms with Gasteiger partial charge in [0.15, 0.2) is 5.17 Å². The number of fused-ring (bicyclic) bond motifs is 3. The van der Waals surface area contributed by atoms with Crippen molar-refractivity contribution < 1.29 is 9.59 Å². The van der Waals surface area contributed by atoms with Gasteiger partial charge in [0, 0.05) is 11.3 Å². The highest BCUT2D eigenvalue weighted by Crippen LogP contribution is 2.35. The van der Waals surface area contributed by atoms with E-state index >= 15 is 0 Å². The van der Waals surface area contributed by atoms with Crippen molar-refractivity contribution in [3.05, 3.63) is 59.7 Å². The molecule has 4 rings (SSSR count). The Morgan fingerprint density at radius 1 is 1.16 bits per heavy atom. The summed E-state index contributed by atoms with van der Waals surface area (Å²) in [5.74, 6) is 0.721. The fraction of sp³-hybridized carbons (Fsp3) is 0.333. The van der Waals surface area contributed by atoms with Crippen molar-refractivity contribution >= 4 is 46.0 Å². The lowest BCUT2D eigenvalue weighted by Gasteiger charge is -2.25. The number of rotatable bonds is 6. The van der Waals surface area contributed by atoms with Gasteiger partial charge in [-0.25, -0.2) is 9.89 Å². The average molecular weight is 435 g/mol. The molecule has 0 radical (unpaired) electrons. The fourth-order valence-corrected chi connectivity index (χ4v) is 4.41. The number of amides is 2. The summed E-state index contributed by atoms with van der Waals surface area (Å²) < 4.78 is 0. The standard InChI is InChI=1S/C24H26N4O2S/c1-4-15(3)21-23(30)28-22(27-21)18-8-6-7-9-19(18)26-24(28)31-14-20(29)25-17-12-10-16(5-2)11-13-17/h6-13,15,21H,4-5,14H2,1-3H3,(H,25,29)/t15-,21-/m1/s1. The van der Waals surface area contributed by atoms with Gasteiger partial charge in [0.2, 0.25) is 5.91 Å². The number of aryl methyl sites for hydroxylation is 1. The summed E-state index contributed by atoms with van der Waals surface area (Å²) in [6.45, 7) is 6.19. The Labute approximate surface area is 186 Å². The number of hydrogen-bond donors (Lipinski definition) is 1. The molecule has 0 aromatic heterocycles. The maximum absolute atomic E-state index is 13.2. The molecule has 0 fully saturated rings. The first-order valence-corrected chi connectivity index (χ1v) is 11.6. The van der Waals surface area contributed by atoms with Gasteiger partial charge in [-0.15, -0.1) is 0 Å². The molecule has 0 spiro atoms. The SMILES string of the molecule is CCc1ccc(NC(=O)CSC2=Nc3ccccc3C3=N[C@H]([C@H](C)CC)C(=O)N23)cc1. The highest BCUT2D eigenvalue weighted by atomic mass is 32.2. The topological polar surface area (TPSA) is 74.1 Å². The molecular weight excluding hydrogens is 408 g/mol. The molecule has 0 unspecified atom stereocenters. The van der Waals surface area contributed by atoms with E-state index in [9.17, 15) is 9.59 Å². The molecular formula is C24H26N4O2S. The largest absolute Gasteiger partial charge is 0.325 e. The summed E-state index contributed by atoms with van der Waals surface area (Å²) >= 11 is 1.26. The second-order valence-corrected chi connectivity index (χ2v) is 8.70. The van der Waals surface area contributed by atoms with Crippen molar-refractivity contribution in [3.63, 3.8) is 0 Å². The Hall–Kier alpha value is -2.93. The van der Waals surface area contributed by atoms with E-state index in [0.717, 1.165) is 29.8 Å². The van der Waals surface area contributed by atoms with Crippen molar-refractivity contribution in [3.8, 4) is 0 Å². The lowest BCUT2D eigenvalue weighted by Crippen LogP contribution is -2.42. The fourth-order valence-electron chi connectivity index (χ4n) is 3.61. The van der Waals surface area contributed by atoms with E-state index in [1.807, 2.05) is 55.5 Å². The van der Waals surface area contributed by atoms with Gasteiger partial charge in [0.1, 0.15) is 11.9 Å². The van der Waals surface area contributed by atoms with Gasteiger partial charge in [-0.05, 0) is 42.2 Å². The molecule has 160 valence electrons. The van der Waals surface area contributed by atoms with Crippen LogP contribution in [0.3, 0.4) is 0 Å². The van der Waals surface area contributed by atoms with Crippen LogP contribution in [0.1, 0.15) is 38.3 Å². The van der Waals surface area contributed by atoms with Gasteiger partial charge in [-0.3, -0.25) is 14.6 Å². The van der Waals surface area contributed by atoms with Crippen LogP contribution in [-0.4, -0.2) is 39.5 Å². The van der Waals surface area contributed by atoms with Gasteiger partial charge in [0.05, 0.1) is 11.4 Å². The van der Waals surface area contributed by atoms with Crippen LogP contribution in [0.5, 0.6) is 0 Å². The molecule has 31 heavy (non-hydrogen) atoms. The van der Waals surface area contributed by atoms with Crippen LogP contribution in [-0.2, 0) is 16.0 Å². The number of nitrogens with one attached hydrogen (secondary N) is 1. The smallest absolute Gasteiger partial charge is 0.259 e. The minimum Gasteiger partial charge on any atom is -0.325 e. The number of nitrogens with zero attached hydrogens (tertiary/aromatic N) is 3. The van der Waals surface area contributed by atoms with E-state index in [-0.39, 0.29) is 23.5 Å². The molecule has 2 aromatic carbocycles. The predicted octanol–water partition coefficient (Wildman–Crippen LogP) is 4.63. The lowest BCUT2D eigenvalue weighted by atomic mass is 10.00. The Kier molecular flexibility index (Phi) is 6.23. The maximum Gasteiger partial charge on any atom is 0.259 e. The van der Waals surface area contributed by atoms with Gasteiger partial charge in [0.25, 0.3) is 5.91 Å². The number of carbonyl (C=O) groups is 2. The summed E-state index contributed by atoms with van der Waals surface area (Å²) in [4.78, 5) is 36.7. The first-order valence-electron chi connectivity index (χ1n) is 10.6. The molecule has 0 aliphatic carbocycles. The van der Waals surface area contributed by atoms with Crippen molar-refractivity contribution in [2.24, 2.45) is 15.9 Å². The van der Waals surface area contributed by atoms with Gasteiger partial charge >= 0.3 is 0 Å². The molecule has 0 bridgehead atoms. The van der Waals surface area contributed by atoms with Gasteiger partial charge < -0.3 is 5.32 Å². The third kappa shape index (κ3) is 4.28. The highest BCUT2D eigenvalue weighted by molar-refractivity contribution is 8.14. The molecule has 2 aliphatic rings. The van der Waals surface area contributed by atoms with E-state index < -0.39 is 6.04 Å². The normalized spacial score (nSPS) is 18.1. The predicted molar refractivity (Wildman–Crippen MR) is 127 cm³/mol.